The van der Waals surface area contributed by atoms with Gasteiger partial charge in [-0.2, -0.15) is 0 Å². The van der Waals surface area contributed by atoms with Crippen molar-refractivity contribution in [2.75, 3.05) is 4.90 Å². The smallest absolute Gasteiger partial charge is 0.335 e. The summed E-state index contributed by atoms with van der Waals surface area (Å²) in [5, 5.41) is 13.9. The second-order valence-corrected chi connectivity index (χ2v) is 8.45. The van der Waals surface area contributed by atoms with Crippen molar-refractivity contribution >= 4 is 40.6 Å². The van der Waals surface area contributed by atoms with Crippen LogP contribution in [0.5, 0.6) is 0 Å². The minimum absolute atomic E-state index is 0.193. The van der Waals surface area contributed by atoms with Crippen molar-refractivity contribution in [1.82, 2.24) is 14.9 Å². The molecule has 2 aromatic heterocycles. The average molecular weight is 475 g/mol. The van der Waals surface area contributed by atoms with Crippen molar-refractivity contribution < 1.29 is 9.90 Å². The van der Waals surface area contributed by atoms with Crippen LogP contribution in [0.2, 0.25) is 5.02 Å². The van der Waals surface area contributed by atoms with Gasteiger partial charge in [0.1, 0.15) is 6.04 Å². The highest BCUT2D eigenvalue weighted by Crippen LogP contribution is 2.42. The Morgan fingerprint density at radius 2 is 1.70 bits per heavy atom. The zero-order valence-electron chi connectivity index (χ0n) is 17.3. The quantitative estimate of drug-likeness (QED) is 0.377. The van der Waals surface area contributed by atoms with Crippen molar-refractivity contribution in [1.29, 1.82) is 0 Å². The fraction of sp³-hybridized carbons (Fsp3) is 0.0800. The number of carbonyl (C=O) groups is 1. The highest BCUT2D eigenvalue weighted by Gasteiger charge is 2.42. The van der Waals surface area contributed by atoms with Crippen LogP contribution >= 0.6 is 23.8 Å². The standard InChI is InChI=1S/C25H19ClN4O2S/c26-17-8-12-19(13-9-17)30-23(22(28-25(30)33)20-4-1-2-14-27-20)21-5-3-15-29(21)18-10-6-16(7-11-18)24(31)32/h1-15,22-23H,(H,28,33)(H,31,32). The van der Waals surface area contributed by atoms with Crippen LogP contribution in [0, 0.1) is 0 Å². The zero-order valence-corrected chi connectivity index (χ0v) is 18.9. The summed E-state index contributed by atoms with van der Waals surface area (Å²) in [7, 11) is 0. The van der Waals surface area contributed by atoms with Gasteiger partial charge in [0.25, 0.3) is 0 Å². The molecule has 1 aliphatic rings. The molecule has 0 amide bonds. The summed E-state index contributed by atoms with van der Waals surface area (Å²) in [6.07, 6.45) is 3.73. The van der Waals surface area contributed by atoms with Crippen LogP contribution in [0.3, 0.4) is 0 Å². The first-order valence-corrected chi connectivity index (χ1v) is 11.1. The molecule has 2 aromatic carbocycles. The molecule has 0 saturated carbocycles. The van der Waals surface area contributed by atoms with Gasteiger partial charge in [0.15, 0.2) is 5.11 Å². The number of carboxylic acid groups (broad SMARTS) is 1. The van der Waals surface area contributed by atoms with Crippen molar-refractivity contribution in [3.8, 4) is 5.69 Å². The Morgan fingerprint density at radius 3 is 2.36 bits per heavy atom. The molecule has 0 aliphatic carbocycles. The summed E-state index contributed by atoms with van der Waals surface area (Å²) in [5.41, 5.74) is 3.86. The van der Waals surface area contributed by atoms with E-state index in [1.165, 1.54) is 0 Å². The Bertz CT molecular complexity index is 1310. The maximum absolute atomic E-state index is 11.3. The number of carboxylic acids is 1. The first-order valence-electron chi connectivity index (χ1n) is 10.3. The van der Waals surface area contributed by atoms with Crippen LogP contribution in [0.15, 0.2) is 91.3 Å². The molecule has 1 fully saturated rings. The molecule has 1 saturated heterocycles. The SMILES string of the molecule is O=C(O)c1ccc(-n2cccc2C2C(c3ccccn3)NC(=S)N2c2ccc(Cl)cc2)cc1. The topological polar surface area (TPSA) is 70.4 Å². The van der Waals surface area contributed by atoms with E-state index in [4.69, 9.17) is 23.8 Å². The first kappa shape index (κ1) is 21.2. The highest BCUT2D eigenvalue weighted by atomic mass is 35.5. The van der Waals surface area contributed by atoms with Crippen LogP contribution < -0.4 is 10.2 Å². The van der Waals surface area contributed by atoms with E-state index in [0.717, 1.165) is 22.8 Å². The third-order valence-electron chi connectivity index (χ3n) is 5.68. The van der Waals surface area contributed by atoms with E-state index in [1.807, 2.05) is 65.4 Å². The van der Waals surface area contributed by atoms with Crippen molar-refractivity contribution in [2.24, 2.45) is 0 Å². The summed E-state index contributed by atoms with van der Waals surface area (Å²) in [4.78, 5) is 17.9. The largest absolute Gasteiger partial charge is 0.478 e. The number of aromatic nitrogens is 2. The predicted molar refractivity (Wildman–Crippen MR) is 132 cm³/mol. The number of hydrogen-bond donors (Lipinski definition) is 2. The Balaban J connectivity index is 1.63. The monoisotopic (exact) mass is 474 g/mol. The molecule has 4 aromatic rings. The molecular formula is C25H19ClN4O2S. The lowest BCUT2D eigenvalue weighted by atomic mass is 10.0. The van der Waals surface area contributed by atoms with E-state index in [0.29, 0.717) is 10.1 Å². The molecule has 0 radical (unpaired) electrons. The van der Waals surface area contributed by atoms with Gasteiger partial charge in [-0.15, -0.1) is 0 Å². The zero-order chi connectivity index (χ0) is 22.9. The van der Waals surface area contributed by atoms with E-state index in [9.17, 15) is 9.90 Å². The van der Waals surface area contributed by atoms with Gasteiger partial charge < -0.3 is 19.9 Å². The Hall–Kier alpha value is -3.68. The third kappa shape index (κ3) is 3.97. The van der Waals surface area contributed by atoms with Crippen LogP contribution in [0.1, 0.15) is 33.8 Å². The van der Waals surface area contributed by atoms with Crippen molar-refractivity contribution in [2.45, 2.75) is 12.1 Å². The summed E-state index contributed by atoms with van der Waals surface area (Å²) in [6.45, 7) is 0. The maximum Gasteiger partial charge on any atom is 0.335 e. The number of hydrogen-bond acceptors (Lipinski definition) is 3. The highest BCUT2D eigenvalue weighted by molar-refractivity contribution is 7.80. The molecule has 0 bridgehead atoms. The van der Waals surface area contributed by atoms with Crippen molar-refractivity contribution in [3.63, 3.8) is 0 Å². The molecule has 5 rings (SSSR count). The molecular weight excluding hydrogens is 456 g/mol. The van der Waals surface area contributed by atoms with Gasteiger partial charge in [0, 0.05) is 34.5 Å². The summed E-state index contributed by atoms with van der Waals surface area (Å²) < 4.78 is 2.05. The molecule has 33 heavy (non-hydrogen) atoms. The number of nitrogens with one attached hydrogen (secondary N) is 1. The maximum atomic E-state index is 11.3. The summed E-state index contributed by atoms with van der Waals surface area (Å²) in [5.74, 6) is -0.955. The number of rotatable bonds is 5. The fourth-order valence-corrected chi connectivity index (χ4v) is 4.64. The third-order valence-corrected chi connectivity index (χ3v) is 6.25. The van der Waals surface area contributed by atoms with Gasteiger partial charge in [-0.05, 0) is 85.0 Å². The molecule has 6 nitrogen and oxygen atoms in total. The van der Waals surface area contributed by atoms with Crippen LogP contribution in [-0.2, 0) is 0 Å². The van der Waals surface area contributed by atoms with Gasteiger partial charge in [-0.3, -0.25) is 4.98 Å². The van der Waals surface area contributed by atoms with Gasteiger partial charge in [0.05, 0.1) is 17.3 Å². The van der Waals surface area contributed by atoms with E-state index in [2.05, 4.69) is 15.2 Å². The lowest BCUT2D eigenvalue weighted by Crippen LogP contribution is -2.30. The second kappa shape index (κ2) is 8.69. The molecule has 0 spiro atoms. The molecule has 2 atom stereocenters. The predicted octanol–water partition coefficient (Wildman–Crippen LogP) is 5.40. The molecule has 8 heteroatoms. The van der Waals surface area contributed by atoms with Crippen LogP contribution in [0.25, 0.3) is 5.69 Å². The molecule has 2 unspecified atom stereocenters. The number of anilines is 1. The molecule has 1 aliphatic heterocycles. The Morgan fingerprint density at radius 1 is 0.970 bits per heavy atom. The van der Waals surface area contributed by atoms with Gasteiger partial charge in [-0.1, -0.05) is 17.7 Å². The number of halogens is 1. The van der Waals surface area contributed by atoms with Crippen molar-refractivity contribution in [3.05, 3.63) is 113 Å². The number of benzene rings is 2. The molecule has 2 N–H and O–H groups in total. The number of nitrogens with zero attached hydrogens (tertiary/aromatic N) is 3. The van der Waals surface area contributed by atoms with Crippen LogP contribution in [0.4, 0.5) is 5.69 Å². The minimum atomic E-state index is -0.955. The van der Waals surface area contributed by atoms with Crippen LogP contribution in [-0.4, -0.2) is 25.7 Å². The lowest BCUT2D eigenvalue weighted by Gasteiger charge is -2.29. The van der Waals surface area contributed by atoms with E-state index < -0.39 is 5.97 Å². The molecule has 164 valence electrons. The van der Waals surface area contributed by atoms with E-state index in [-0.39, 0.29) is 17.6 Å². The normalized spacial score (nSPS) is 17.7. The molecule has 3 heterocycles. The number of thiocarbonyl (C=S) groups is 1. The number of aromatic carboxylic acids is 1. The second-order valence-electron chi connectivity index (χ2n) is 7.63. The Labute approximate surface area is 201 Å². The summed E-state index contributed by atoms with van der Waals surface area (Å²) >= 11 is 11.9. The Kier molecular flexibility index (Phi) is 5.58. The van der Waals surface area contributed by atoms with E-state index in [1.54, 1.807) is 30.5 Å². The number of pyridine rings is 1. The fourth-order valence-electron chi connectivity index (χ4n) is 4.17. The first-order chi connectivity index (χ1) is 16.0. The van der Waals surface area contributed by atoms with Gasteiger partial charge in [0.2, 0.25) is 0 Å². The minimum Gasteiger partial charge on any atom is -0.478 e. The van der Waals surface area contributed by atoms with Gasteiger partial charge in [-0.25, -0.2) is 4.79 Å². The lowest BCUT2D eigenvalue weighted by molar-refractivity contribution is 0.0697. The van der Waals surface area contributed by atoms with Gasteiger partial charge >= 0.3 is 5.97 Å². The van der Waals surface area contributed by atoms with E-state index >= 15 is 0 Å². The average Bonchev–Trinajstić information content (AvgIpc) is 3.44. The summed E-state index contributed by atoms with van der Waals surface area (Å²) in [6, 6.07) is 23.8.